The van der Waals surface area contributed by atoms with Crippen molar-refractivity contribution in [3.63, 3.8) is 0 Å². The molecule has 0 aromatic rings. The van der Waals surface area contributed by atoms with Crippen molar-refractivity contribution < 1.29 is 14.6 Å². The molecule has 2 fully saturated rings. The second kappa shape index (κ2) is 4.92. The quantitative estimate of drug-likeness (QED) is 0.616. The lowest BCUT2D eigenvalue weighted by Crippen LogP contribution is -2.52. The summed E-state index contributed by atoms with van der Waals surface area (Å²) in [4.78, 5) is 13.8. The first-order chi connectivity index (χ1) is 7.31. The van der Waals surface area contributed by atoms with E-state index < -0.39 is 0 Å². The number of morpholine rings is 1. The van der Waals surface area contributed by atoms with E-state index in [9.17, 15) is 4.79 Å². The van der Waals surface area contributed by atoms with Crippen molar-refractivity contribution in [2.24, 2.45) is 0 Å². The van der Waals surface area contributed by atoms with Gasteiger partial charge in [-0.2, -0.15) is 0 Å². The lowest BCUT2D eigenvalue weighted by molar-refractivity contribution is -0.142. The Balaban J connectivity index is 1.88. The first-order valence-corrected chi connectivity index (χ1v) is 5.56. The van der Waals surface area contributed by atoms with Crippen LogP contribution in [0.3, 0.4) is 0 Å². The van der Waals surface area contributed by atoms with Gasteiger partial charge in [-0.05, 0) is 19.4 Å². The minimum atomic E-state index is -0.205. The maximum Gasteiger partial charge on any atom is 0.239 e. The Hall–Kier alpha value is -0.650. The van der Waals surface area contributed by atoms with Gasteiger partial charge < -0.3 is 20.1 Å². The first kappa shape index (κ1) is 10.9. The fourth-order valence-electron chi connectivity index (χ4n) is 2.15. The third-order valence-electron chi connectivity index (χ3n) is 3.01. The summed E-state index contributed by atoms with van der Waals surface area (Å²) < 4.78 is 5.31. The molecule has 2 saturated heterocycles. The molecule has 2 N–H and O–H groups in total. The molecule has 0 saturated carbocycles. The van der Waals surface area contributed by atoms with Crippen molar-refractivity contribution >= 4 is 5.91 Å². The van der Waals surface area contributed by atoms with Gasteiger partial charge in [-0.25, -0.2) is 0 Å². The van der Waals surface area contributed by atoms with Crippen molar-refractivity contribution in [2.75, 3.05) is 32.8 Å². The minimum absolute atomic E-state index is 0.0116. The molecule has 86 valence electrons. The molecular formula is C10H18N2O3. The largest absolute Gasteiger partial charge is 0.394 e. The van der Waals surface area contributed by atoms with Gasteiger partial charge >= 0.3 is 0 Å². The number of nitrogens with one attached hydrogen (secondary N) is 1. The molecular weight excluding hydrogens is 196 g/mol. The van der Waals surface area contributed by atoms with Gasteiger partial charge in [0.05, 0.1) is 25.4 Å². The van der Waals surface area contributed by atoms with E-state index in [1.165, 1.54) is 0 Å². The molecule has 0 spiro atoms. The topological polar surface area (TPSA) is 61.8 Å². The van der Waals surface area contributed by atoms with Crippen molar-refractivity contribution in [3.8, 4) is 0 Å². The summed E-state index contributed by atoms with van der Waals surface area (Å²) in [6.45, 7) is 2.62. The zero-order valence-corrected chi connectivity index (χ0v) is 8.82. The highest BCUT2D eigenvalue weighted by Crippen LogP contribution is 2.12. The Morgan fingerprint density at radius 3 is 3.13 bits per heavy atom. The average Bonchev–Trinajstić information content (AvgIpc) is 2.81. The molecule has 0 bridgehead atoms. The smallest absolute Gasteiger partial charge is 0.239 e. The maximum atomic E-state index is 12.0. The van der Waals surface area contributed by atoms with Crippen LogP contribution in [0.25, 0.3) is 0 Å². The Morgan fingerprint density at radius 2 is 2.47 bits per heavy atom. The van der Waals surface area contributed by atoms with Gasteiger partial charge in [0.1, 0.15) is 0 Å². The highest BCUT2D eigenvalue weighted by atomic mass is 16.5. The van der Waals surface area contributed by atoms with Crippen LogP contribution in [0.4, 0.5) is 0 Å². The summed E-state index contributed by atoms with van der Waals surface area (Å²) in [6, 6.07) is -0.0116. The SMILES string of the molecule is O=C([C@H]1CCCN1)N1CCOC(CO)C1. The third-order valence-corrected chi connectivity index (χ3v) is 3.01. The number of carbonyl (C=O) groups is 1. The van der Waals surface area contributed by atoms with Gasteiger partial charge in [0.2, 0.25) is 5.91 Å². The predicted octanol–water partition coefficient (Wildman–Crippen LogP) is -1.04. The van der Waals surface area contributed by atoms with Crippen LogP contribution in [0.5, 0.6) is 0 Å². The van der Waals surface area contributed by atoms with Crippen molar-refractivity contribution in [1.29, 1.82) is 0 Å². The molecule has 2 atom stereocenters. The number of amides is 1. The molecule has 2 aliphatic heterocycles. The monoisotopic (exact) mass is 214 g/mol. The lowest BCUT2D eigenvalue weighted by atomic mass is 10.2. The number of ether oxygens (including phenoxy) is 1. The number of rotatable bonds is 2. The Bertz CT molecular complexity index is 229. The molecule has 2 aliphatic rings. The van der Waals surface area contributed by atoms with Crippen LogP contribution in [0.2, 0.25) is 0 Å². The molecule has 0 aromatic heterocycles. The highest BCUT2D eigenvalue weighted by molar-refractivity contribution is 5.82. The number of hydrogen-bond donors (Lipinski definition) is 2. The molecule has 0 aliphatic carbocycles. The molecule has 1 amide bonds. The molecule has 2 rings (SSSR count). The molecule has 2 heterocycles. The van der Waals surface area contributed by atoms with Gasteiger partial charge in [0.25, 0.3) is 0 Å². The fourth-order valence-corrected chi connectivity index (χ4v) is 2.15. The van der Waals surface area contributed by atoms with E-state index in [2.05, 4.69) is 5.32 Å². The number of carbonyl (C=O) groups excluding carboxylic acids is 1. The van der Waals surface area contributed by atoms with Crippen LogP contribution < -0.4 is 5.32 Å². The van der Waals surface area contributed by atoms with Crippen LogP contribution >= 0.6 is 0 Å². The molecule has 0 radical (unpaired) electrons. The van der Waals surface area contributed by atoms with Gasteiger partial charge in [-0.15, -0.1) is 0 Å². The van der Waals surface area contributed by atoms with Gasteiger partial charge in [0.15, 0.2) is 0 Å². The molecule has 1 unspecified atom stereocenters. The van der Waals surface area contributed by atoms with Gasteiger partial charge in [-0.1, -0.05) is 0 Å². The number of aliphatic hydroxyl groups excluding tert-OH is 1. The normalized spacial score (nSPS) is 31.9. The lowest BCUT2D eigenvalue weighted by Gasteiger charge is -2.33. The molecule has 15 heavy (non-hydrogen) atoms. The molecule has 5 nitrogen and oxygen atoms in total. The highest BCUT2D eigenvalue weighted by Gasteiger charge is 2.30. The summed E-state index contributed by atoms with van der Waals surface area (Å²) in [7, 11) is 0. The second-order valence-electron chi connectivity index (χ2n) is 4.11. The Morgan fingerprint density at radius 1 is 1.60 bits per heavy atom. The van der Waals surface area contributed by atoms with Crippen LogP contribution in [-0.2, 0) is 9.53 Å². The van der Waals surface area contributed by atoms with Crippen LogP contribution in [0.15, 0.2) is 0 Å². The zero-order chi connectivity index (χ0) is 10.7. The van der Waals surface area contributed by atoms with Crippen molar-refractivity contribution in [2.45, 2.75) is 25.0 Å². The summed E-state index contributed by atoms with van der Waals surface area (Å²) in [5.74, 6) is 0.161. The second-order valence-corrected chi connectivity index (χ2v) is 4.11. The van der Waals surface area contributed by atoms with E-state index in [1.807, 2.05) is 0 Å². The number of nitrogens with zero attached hydrogens (tertiary/aromatic N) is 1. The van der Waals surface area contributed by atoms with Crippen LogP contribution in [0.1, 0.15) is 12.8 Å². The predicted molar refractivity (Wildman–Crippen MR) is 54.4 cm³/mol. The van der Waals surface area contributed by atoms with Crippen LogP contribution in [-0.4, -0.2) is 60.9 Å². The van der Waals surface area contributed by atoms with Crippen molar-refractivity contribution in [3.05, 3.63) is 0 Å². The summed E-state index contributed by atoms with van der Waals surface area (Å²) in [6.07, 6.45) is 1.80. The van der Waals surface area contributed by atoms with Gasteiger partial charge in [-0.3, -0.25) is 4.79 Å². The fraction of sp³-hybridized carbons (Fsp3) is 0.900. The van der Waals surface area contributed by atoms with E-state index >= 15 is 0 Å². The molecule has 5 heteroatoms. The summed E-state index contributed by atoms with van der Waals surface area (Å²) >= 11 is 0. The maximum absolute atomic E-state index is 12.0. The number of hydrogen-bond acceptors (Lipinski definition) is 4. The van der Waals surface area contributed by atoms with Gasteiger partial charge in [0, 0.05) is 13.1 Å². The Kier molecular flexibility index (Phi) is 3.56. The summed E-state index contributed by atoms with van der Waals surface area (Å²) in [5.41, 5.74) is 0. The zero-order valence-electron chi connectivity index (χ0n) is 8.82. The van der Waals surface area contributed by atoms with E-state index in [4.69, 9.17) is 9.84 Å². The third kappa shape index (κ3) is 2.48. The van der Waals surface area contributed by atoms with E-state index in [1.54, 1.807) is 4.90 Å². The van der Waals surface area contributed by atoms with E-state index in [0.717, 1.165) is 19.4 Å². The summed E-state index contributed by atoms with van der Waals surface area (Å²) in [5, 5.41) is 12.2. The van der Waals surface area contributed by atoms with Crippen molar-refractivity contribution in [1.82, 2.24) is 10.2 Å². The van der Waals surface area contributed by atoms with E-state index in [-0.39, 0.29) is 24.7 Å². The molecule has 0 aromatic carbocycles. The number of aliphatic hydroxyl groups is 1. The van der Waals surface area contributed by atoms with Crippen LogP contribution in [0, 0.1) is 0 Å². The van der Waals surface area contributed by atoms with E-state index in [0.29, 0.717) is 19.7 Å². The first-order valence-electron chi connectivity index (χ1n) is 5.56. The minimum Gasteiger partial charge on any atom is -0.394 e. The Labute approximate surface area is 89.4 Å². The average molecular weight is 214 g/mol. The standard InChI is InChI=1S/C10H18N2O3/c13-7-8-6-12(4-5-15-8)10(14)9-2-1-3-11-9/h8-9,11,13H,1-7H2/t8?,9-/m1/s1.